The minimum Gasteiger partial charge on any atom is -0.381 e. The summed E-state index contributed by atoms with van der Waals surface area (Å²) in [6, 6.07) is 10.4. The van der Waals surface area contributed by atoms with Crippen LogP contribution in [0.1, 0.15) is 30.2 Å². The molecule has 2 aromatic rings. The van der Waals surface area contributed by atoms with Gasteiger partial charge in [-0.25, -0.2) is 0 Å². The van der Waals surface area contributed by atoms with Crippen molar-refractivity contribution in [3.63, 3.8) is 0 Å². The molecule has 5 nitrogen and oxygen atoms in total. The zero-order chi connectivity index (χ0) is 14.4. The molecule has 0 aliphatic heterocycles. The van der Waals surface area contributed by atoms with Crippen molar-refractivity contribution in [2.45, 2.75) is 31.9 Å². The summed E-state index contributed by atoms with van der Waals surface area (Å²) in [6.45, 7) is 1.98. The van der Waals surface area contributed by atoms with E-state index in [-0.39, 0.29) is 12.1 Å². The first kappa shape index (κ1) is 14.7. The lowest BCUT2D eigenvalue weighted by molar-refractivity contribution is 0.116. The third-order valence-electron chi connectivity index (χ3n) is 3.31. The highest BCUT2D eigenvalue weighted by atomic mass is 16.5. The number of nitrogens with one attached hydrogen (secondary N) is 1. The number of benzene rings is 1. The maximum absolute atomic E-state index is 5.31. The molecule has 20 heavy (non-hydrogen) atoms. The average Bonchev–Trinajstić information content (AvgIpc) is 2.92. The van der Waals surface area contributed by atoms with Crippen LogP contribution >= 0.6 is 0 Å². The van der Waals surface area contributed by atoms with Gasteiger partial charge in [0.05, 0.1) is 6.10 Å². The van der Waals surface area contributed by atoms with E-state index in [4.69, 9.17) is 9.26 Å². The Hall–Kier alpha value is -1.72. The van der Waals surface area contributed by atoms with Crippen LogP contribution in [0.2, 0.25) is 0 Å². The molecule has 0 amide bonds. The molecule has 0 aliphatic rings. The van der Waals surface area contributed by atoms with Crippen LogP contribution in [0.3, 0.4) is 0 Å². The van der Waals surface area contributed by atoms with Crippen LogP contribution in [0.25, 0.3) is 0 Å². The van der Waals surface area contributed by atoms with E-state index in [1.807, 2.05) is 32.2 Å². The van der Waals surface area contributed by atoms with Crippen molar-refractivity contribution in [3.05, 3.63) is 47.6 Å². The number of nitrogens with zero attached hydrogens (tertiary/aromatic N) is 2. The molecule has 0 spiro atoms. The Morgan fingerprint density at radius 2 is 2.00 bits per heavy atom. The number of ether oxygens (including phenoxy) is 1. The van der Waals surface area contributed by atoms with Gasteiger partial charge in [-0.1, -0.05) is 35.5 Å². The maximum atomic E-state index is 5.31. The molecule has 1 aromatic carbocycles. The van der Waals surface area contributed by atoms with Gasteiger partial charge in [0.1, 0.15) is 0 Å². The van der Waals surface area contributed by atoms with Crippen molar-refractivity contribution in [2.75, 3.05) is 14.2 Å². The van der Waals surface area contributed by atoms with E-state index in [0.29, 0.717) is 24.6 Å². The van der Waals surface area contributed by atoms with Gasteiger partial charge in [0, 0.05) is 26.0 Å². The molecule has 0 saturated heterocycles. The molecule has 2 atom stereocenters. The van der Waals surface area contributed by atoms with E-state index in [1.54, 1.807) is 7.11 Å². The first-order chi connectivity index (χ1) is 9.72. The molecule has 108 valence electrons. The van der Waals surface area contributed by atoms with Gasteiger partial charge >= 0.3 is 0 Å². The van der Waals surface area contributed by atoms with Crippen molar-refractivity contribution in [1.82, 2.24) is 15.5 Å². The lowest BCUT2D eigenvalue weighted by Gasteiger charge is -2.13. The smallest absolute Gasteiger partial charge is 0.228 e. The molecule has 5 heteroatoms. The second-order valence-corrected chi connectivity index (χ2v) is 4.81. The first-order valence-corrected chi connectivity index (χ1v) is 6.79. The summed E-state index contributed by atoms with van der Waals surface area (Å²) < 4.78 is 10.5. The minimum absolute atomic E-state index is 0.0923. The van der Waals surface area contributed by atoms with Gasteiger partial charge in [0.2, 0.25) is 5.89 Å². The predicted molar refractivity (Wildman–Crippen MR) is 76.4 cm³/mol. The first-order valence-electron chi connectivity index (χ1n) is 6.79. The fourth-order valence-electron chi connectivity index (χ4n) is 2.04. The average molecular weight is 275 g/mol. The fourth-order valence-corrected chi connectivity index (χ4v) is 2.04. The molecule has 1 heterocycles. The van der Waals surface area contributed by atoms with Gasteiger partial charge in [-0.3, -0.25) is 0 Å². The van der Waals surface area contributed by atoms with Crippen molar-refractivity contribution in [2.24, 2.45) is 0 Å². The van der Waals surface area contributed by atoms with Crippen LogP contribution in [0, 0.1) is 0 Å². The molecular formula is C15H21N3O2. The molecule has 0 radical (unpaired) electrons. The zero-order valence-electron chi connectivity index (χ0n) is 12.2. The molecule has 2 rings (SSSR count). The summed E-state index contributed by atoms with van der Waals surface area (Å²) in [4.78, 5) is 4.41. The number of likely N-dealkylation sites (N-methyl/N-ethyl adjacent to an activating group) is 1. The molecule has 2 unspecified atom stereocenters. The third kappa shape index (κ3) is 3.88. The van der Waals surface area contributed by atoms with Gasteiger partial charge in [0.15, 0.2) is 5.82 Å². The van der Waals surface area contributed by atoms with Crippen LogP contribution in [-0.4, -0.2) is 30.4 Å². The van der Waals surface area contributed by atoms with Gasteiger partial charge in [-0.15, -0.1) is 0 Å². The molecule has 0 aliphatic carbocycles. The number of aromatic nitrogens is 2. The van der Waals surface area contributed by atoms with E-state index in [1.165, 1.54) is 5.56 Å². The molecule has 0 bridgehead atoms. The quantitative estimate of drug-likeness (QED) is 0.839. The lowest BCUT2D eigenvalue weighted by Crippen LogP contribution is -2.19. The Morgan fingerprint density at radius 3 is 2.65 bits per heavy atom. The van der Waals surface area contributed by atoms with E-state index in [2.05, 4.69) is 27.6 Å². The Bertz CT molecular complexity index is 513. The van der Waals surface area contributed by atoms with Gasteiger partial charge < -0.3 is 14.6 Å². The van der Waals surface area contributed by atoms with Crippen LogP contribution in [0.15, 0.2) is 34.9 Å². The standard InChI is InChI=1S/C15H21N3O2/c1-11(19-3)9-14-17-15(20-18-14)10-13(16-2)12-7-5-4-6-8-12/h4-8,11,13,16H,9-10H2,1-3H3. The second-order valence-electron chi connectivity index (χ2n) is 4.81. The molecule has 1 aromatic heterocycles. The van der Waals surface area contributed by atoms with Crippen LogP contribution in [-0.2, 0) is 17.6 Å². The highest BCUT2D eigenvalue weighted by Gasteiger charge is 2.15. The topological polar surface area (TPSA) is 60.2 Å². The number of hydrogen-bond donors (Lipinski definition) is 1. The highest BCUT2D eigenvalue weighted by molar-refractivity contribution is 5.19. The molecule has 0 saturated carbocycles. The Kier molecular flexibility index (Phi) is 5.26. The van der Waals surface area contributed by atoms with Gasteiger partial charge in [0.25, 0.3) is 0 Å². The Balaban J connectivity index is 2.01. The maximum Gasteiger partial charge on any atom is 0.228 e. The normalized spacial score (nSPS) is 14.2. The zero-order valence-corrected chi connectivity index (χ0v) is 12.2. The molecule has 1 N–H and O–H groups in total. The van der Waals surface area contributed by atoms with Crippen molar-refractivity contribution in [3.8, 4) is 0 Å². The SMILES string of the molecule is CNC(Cc1nc(CC(C)OC)no1)c1ccccc1. The summed E-state index contributed by atoms with van der Waals surface area (Å²) in [7, 11) is 3.61. The van der Waals surface area contributed by atoms with E-state index >= 15 is 0 Å². The van der Waals surface area contributed by atoms with E-state index < -0.39 is 0 Å². The van der Waals surface area contributed by atoms with E-state index in [9.17, 15) is 0 Å². The molecule has 0 fully saturated rings. The van der Waals surface area contributed by atoms with Crippen molar-refractivity contribution >= 4 is 0 Å². The lowest BCUT2D eigenvalue weighted by atomic mass is 10.0. The number of rotatable bonds is 7. The fraction of sp³-hybridized carbons (Fsp3) is 0.467. The highest BCUT2D eigenvalue weighted by Crippen LogP contribution is 2.17. The number of methoxy groups -OCH3 is 1. The Labute approximate surface area is 119 Å². The van der Waals surface area contributed by atoms with E-state index in [0.717, 1.165) is 0 Å². The Morgan fingerprint density at radius 1 is 1.25 bits per heavy atom. The summed E-state index contributed by atoms with van der Waals surface area (Å²) >= 11 is 0. The van der Waals surface area contributed by atoms with Crippen LogP contribution in [0.5, 0.6) is 0 Å². The van der Waals surface area contributed by atoms with Crippen LogP contribution < -0.4 is 5.32 Å². The molecular weight excluding hydrogens is 254 g/mol. The number of hydrogen-bond acceptors (Lipinski definition) is 5. The predicted octanol–water partition coefficient (Wildman–Crippen LogP) is 2.15. The minimum atomic E-state index is 0.0923. The third-order valence-corrected chi connectivity index (χ3v) is 3.31. The van der Waals surface area contributed by atoms with Crippen LogP contribution in [0.4, 0.5) is 0 Å². The van der Waals surface area contributed by atoms with Gasteiger partial charge in [-0.2, -0.15) is 4.98 Å². The summed E-state index contributed by atoms with van der Waals surface area (Å²) in [6.07, 6.45) is 1.43. The van der Waals surface area contributed by atoms with Crippen molar-refractivity contribution in [1.29, 1.82) is 0 Å². The monoisotopic (exact) mass is 275 g/mol. The van der Waals surface area contributed by atoms with Gasteiger partial charge in [-0.05, 0) is 19.5 Å². The summed E-state index contributed by atoms with van der Waals surface area (Å²) in [5, 5.41) is 7.27. The van der Waals surface area contributed by atoms with Crippen molar-refractivity contribution < 1.29 is 9.26 Å². The summed E-state index contributed by atoms with van der Waals surface area (Å²) in [5.41, 5.74) is 1.21. The second kappa shape index (κ2) is 7.17. The largest absolute Gasteiger partial charge is 0.381 e. The summed E-state index contributed by atoms with van der Waals surface area (Å²) in [5.74, 6) is 1.34.